The van der Waals surface area contributed by atoms with Crippen LogP contribution in [-0.2, 0) is 4.74 Å². The number of anilines is 2. The standard InChI is InChI=1S/C23H30N6O/c1-15-5-7-17(3)19(13-15)25-22-26-21(24)27-23(28-9-11-30-12-10-28)29(22)20-14-16(2)6-8-18(20)4/h5-8,13-14,22,25H,9-12H2,1-4H3,(H2,24,26). The number of ether oxygens (including phenoxy) is 1. The van der Waals surface area contributed by atoms with Crippen LogP contribution in [0.15, 0.2) is 46.4 Å². The normalized spacial score (nSPS) is 19.4. The average Bonchev–Trinajstić information content (AvgIpc) is 2.73. The minimum atomic E-state index is -0.402. The van der Waals surface area contributed by atoms with E-state index < -0.39 is 6.29 Å². The van der Waals surface area contributed by atoms with Gasteiger partial charge in [0.15, 0.2) is 0 Å². The predicted octanol–water partition coefficient (Wildman–Crippen LogP) is 3.14. The van der Waals surface area contributed by atoms with Crippen LogP contribution in [0.2, 0.25) is 0 Å². The Bertz CT molecular complexity index is 993. The molecule has 3 N–H and O–H groups in total. The first kappa shape index (κ1) is 20.2. The number of hydrogen-bond acceptors (Lipinski definition) is 7. The van der Waals surface area contributed by atoms with Crippen molar-refractivity contribution in [2.24, 2.45) is 15.7 Å². The SMILES string of the molecule is Cc1ccc(C)c(NC2N=C(N)N=C(N3CCOCC3)N2c2cc(C)ccc2C)c1. The number of guanidine groups is 2. The smallest absolute Gasteiger partial charge is 0.222 e. The molecule has 2 aromatic rings. The van der Waals surface area contributed by atoms with Crippen molar-refractivity contribution < 1.29 is 4.74 Å². The maximum absolute atomic E-state index is 6.19. The zero-order valence-corrected chi connectivity index (χ0v) is 18.1. The lowest BCUT2D eigenvalue weighted by molar-refractivity contribution is 0.0671. The molecular weight excluding hydrogens is 376 g/mol. The van der Waals surface area contributed by atoms with Gasteiger partial charge >= 0.3 is 0 Å². The molecule has 30 heavy (non-hydrogen) atoms. The molecule has 1 saturated heterocycles. The first-order valence-electron chi connectivity index (χ1n) is 10.4. The molecule has 2 aliphatic rings. The third-order valence-corrected chi connectivity index (χ3v) is 5.52. The number of aliphatic imine (C=N–C) groups is 2. The molecule has 0 radical (unpaired) electrons. The number of hydrogen-bond donors (Lipinski definition) is 2. The van der Waals surface area contributed by atoms with E-state index in [1.165, 1.54) is 11.1 Å². The van der Waals surface area contributed by atoms with E-state index in [4.69, 9.17) is 10.5 Å². The van der Waals surface area contributed by atoms with Crippen molar-refractivity contribution in [3.8, 4) is 0 Å². The van der Waals surface area contributed by atoms with E-state index in [1.54, 1.807) is 0 Å². The van der Waals surface area contributed by atoms with Crippen molar-refractivity contribution in [2.75, 3.05) is 36.5 Å². The van der Waals surface area contributed by atoms with Crippen LogP contribution in [0.3, 0.4) is 0 Å². The third-order valence-electron chi connectivity index (χ3n) is 5.52. The number of benzene rings is 2. The van der Waals surface area contributed by atoms with Gasteiger partial charge in [-0.25, -0.2) is 4.99 Å². The fourth-order valence-corrected chi connectivity index (χ4v) is 3.81. The van der Waals surface area contributed by atoms with Crippen LogP contribution in [0.4, 0.5) is 11.4 Å². The van der Waals surface area contributed by atoms with Crippen molar-refractivity contribution in [1.82, 2.24) is 4.90 Å². The summed E-state index contributed by atoms with van der Waals surface area (Å²) in [5.41, 5.74) is 13.0. The Morgan fingerprint density at radius 1 is 0.967 bits per heavy atom. The molecule has 7 heteroatoms. The Morgan fingerprint density at radius 2 is 1.63 bits per heavy atom. The fraction of sp³-hybridized carbons (Fsp3) is 0.391. The second kappa shape index (κ2) is 8.36. The molecule has 1 fully saturated rings. The molecule has 2 aromatic carbocycles. The highest BCUT2D eigenvalue weighted by molar-refractivity contribution is 6.06. The Hall–Kier alpha value is -3.06. The zero-order chi connectivity index (χ0) is 21.3. The quantitative estimate of drug-likeness (QED) is 0.819. The van der Waals surface area contributed by atoms with Gasteiger partial charge in [0.1, 0.15) is 0 Å². The van der Waals surface area contributed by atoms with Crippen molar-refractivity contribution in [1.29, 1.82) is 0 Å². The number of nitrogens with one attached hydrogen (secondary N) is 1. The third kappa shape index (κ3) is 4.11. The zero-order valence-electron chi connectivity index (χ0n) is 18.1. The molecule has 7 nitrogen and oxygen atoms in total. The fourth-order valence-electron chi connectivity index (χ4n) is 3.81. The molecule has 1 unspecified atom stereocenters. The van der Waals surface area contributed by atoms with Crippen LogP contribution < -0.4 is 16.0 Å². The van der Waals surface area contributed by atoms with Gasteiger partial charge in [0.25, 0.3) is 0 Å². The number of nitrogens with zero attached hydrogens (tertiary/aromatic N) is 4. The predicted molar refractivity (Wildman–Crippen MR) is 123 cm³/mol. The monoisotopic (exact) mass is 406 g/mol. The van der Waals surface area contributed by atoms with Crippen molar-refractivity contribution >= 4 is 23.3 Å². The molecule has 4 rings (SSSR count). The molecule has 2 heterocycles. The van der Waals surface area contributed by atoms with Gasteiger partial charge in [-0.1, -0.05) is 24.3 Å². The van der Waals surface area contributed by atoms with Crippen molar-refractivity contribution in [3.63, 3.8) is 0 Å². The van der Waals surface area contributed by atoms with E-state index in [0.717, 1.165) is 41.6 Å². The van der Waals surface area contributed by atoms with Crippen LogP contribution in [0, 0.1) is 27.7 Å². The van der Waals surface area contributed by atoms with Gasteiger partial charge in [0, 0.05) is 18.8 Å². The second-order valence-electron chi connectivity index (χ2n) is 7.99. The van der Waals surface area contributed by atoms with E-state index in [2.05, 4.69) is 89.2 Å². The van der Waals surface area contributed by atoms with Crippen LogP contribution in [-0.4, -0.2) is 49.4 Å². The molecule has 0 bridgehead atoms. The maximum atomic E-state index is 6.19. The van der Waals surface area contributed by atoms with E-state index >= 15 is 0 Å². The Balaban J connectivity index is 1.79. The first-order chi connectivity index (χ1) is 14.4. The highest BCUT2D eigenvalue weighted by Crippen LogP contribution is 2.29. The minimum Gasteiger partial charge on any atom is -0.378 e. The molecule has 0 spiro atoms. The van der Waals surface area contributed by atoms with Gasteiger partial charge in [-0.15, -0.1) is 0 Å². The molecule has 0 saturated carbocycles. The summed E-state index contributed by atoms with van der Waals surface area (Å²) in [6.45, 7) is 11.3. The molecule has 0 amide bonds. The Labute approximate surface area is 178 Å². The molecule has 0 aromatic heterocycles. The summed E-state index contributed by atoms with van der Waals surface area (Å²) in [6, 6.07) is 12.8. The number of morpholine rings is 1. The molecular formula is C23H30N6O. The van der Waals surface area contributed by atoms with Gasteiger partial charge in [-0.3, -0.25) is 4.90 Å². The number of nitrogens with two attached hydrogens (primary N) is 1. The number of rotatable bonds is 3. The van der Waals surface area contributed by atoms with Crippen LogP contribution in [0.25, 0.3) is 0 Å². The van der Waals surface area contributed by atoms with Crippen molar-refractivity contribution in [2.45, 2.75) is 34.0 Å². The van der Waals surface area contributed by atoms with Gasteiger partial charge in [-0.2, -0.15) is 4.99 Å². The van der Waals surface area contributed by atoms with Crippen LogP contribution in [0.5, 0.6) is 0 Å². The minimum absolute atomic E-state index is 0.279. The molecule has 158 valence electrons. The van der Waals surface area contributed by atoms with Crippen molar-refractivity contribution in [3.05, 3.63) is 58.7 Å². The lowest BCUT2D eigenvalue weighted by Crippen LogP contribution is -2.57. The molecule has 2 aliphatic heterocycles. The topological polar surface area (TPSA) is 78.5 Å². The van der Waals surface area contributed by atoms with Gasteiger partial charge in [-0.05, 0) is 62.1 Å². The summed E-state index contributed by atoms with van der Waals surface area (Å²) in [5, 5.41) is 3.60. The van der Waals surface area contributed by atoms with Crippen LogP contribution >= 0.6 is 0 Å². The van der Waals surface area contributed by atoms with E-state index in [9.17, 15) is 0 Å². The van der Waals surface area contributed by atoms with Crippen LogP contribution in [0.1, 0.15) is 22.3 Å². The molecule has 1 atom stereocenters. The maximum Gasteiger partial charge on any atom is 0.222 e. The summed E-state index contributed by atoms with van der Waals surface area (Å²) >= 11 is 0. The highest BCUT2D eigenvalue weighted by atomic mass is 16.5. The summed E-state index contributed by atoms with van der Waals surface area (Å²) < 4.78 is 5.56. The van der Waals surface area contributed by atoms with Gasteiger partial charge in [0.05, 0.1) is 18.9 Å². The Morgan fingerprint density at radius 3 is 2.37 bits per heavy atom. The average molecular weight is 407 g/mol. The van der Waals surface area contributed by atoms with E-state index in [-0.39, 0.29) is 5.96 Å². The largest absolute Gasteiger partial charge is 0.378 e. The summed E-state index contributed by atoms with van der Waals surface area (Å²) in [7, 11) is 0. The lowest BCUT2D eigenvalue weighted by atomic mass is 10.1. The van der Waals surface area contributed by atoms with E-state index in [0.29, 0.717) is 13.2 Å². The molecule has 0 aliphatic carbocycles. The first-order valence-corrected chi connectivity index (χ1v) is 10.4. The Kier molecular flexibility index (Phi) is 5.63. The highest BCUT2D eigenvalue weighted by Gasteiger charge is 2.33. The second-order valence-corrected chi connectivity index (χ2v) is 7.99. The van der Waals surface area contributed by atoms with Gasteiger partial charge in [0.2, 0.25) is 18.2 Å². The summed E-state index contributed by atoms with van der Waals surface area (Å²) in [6.07, 6.45) is -0.402. The number of aryl methyl sites for hydroxylation is 4. The van der Waals surface area contributed by atoms with Gasteiger partial charge < -0.3 is 20.7 Å². The summed E-state index contributed by atoms with van der Waals surface area (Å²) in [4.78, 5) is 13.7. The lowest BCUT2D eigenvalue weighted by Gasteiger charge is -2.41. The van der Waals surface area contributed by atoms with E-state index in [1.807, 2.05) is 0 Å². The summed E-state index contributed by atoms with van der Waals surface area (Å²) in [5.74, 6) is 1.09.